The van der Waals surface area contributed by atoms with Gasteiger partial charge >= 0.3 is 0 Å². The van der Waals surface area contributed by atoms with Crippen molar-refractivity contribution < 1.29 is 5.11 Å². The van der Waals surface area contributed by atoms with Gasteiger partial charge < -0.3 is 5.11 Å². The lowest BCUT2D eigenvalue weighted by atomic mass is 9.94. The van der Waals surface area contributed by atoms with Crippen LogP contribution in [0.4, 0.5) is 0 Å². The Labute approximate surface area is 88.5 Å². The van der Waals surface area contributed by atoms with Gasteiger partial charge in [0.25, 0.3) is 0 Å². The molecule has 0 fully saturated rings. The zero-order valence-electron chi connectivity index (χ0n) is 7.81. The van der Waals surface area contributed by atoms with Crippen LogP contribution in [0.1, 0.15) is 17.9 Å². The Hall–Kier alpha value is -0.910. The number of hydrogen-bond acceptors (Lipinski definition) is 2. The molecule has 1 heterocycles. The fraction of sp³-hybridized carbons (Fsp3) is 0.333. The number of aliphatic hydroxyl groups excluding tert-OH is 1. The molecule has 0 saturated carbocycles. The van der Waals surface area contributed by atoms with E-state index in [-0.39, 0.29) is 5.92 Å². The van der Waals surface area contributed by atoms with Gasteiger partial charge in [-0.1, -0.05) is 18.2 Å². The maximum Gasteiger partial charge on any atom is 0.0726 e. The molecule has 1 aliphatic rings. The first-order chi connectivity index (χ1) is 6.83. The quantitative estimate of drug-likeness (QED) is 0.746. The third kappa shape index (κ3) is 1.66. The van der Waals surface area contributed by atoms with Crippen LogP contribution in [-0.2, 0) is 0 Å². The van der Waals surface area contributed by atoms with E-state index in [1.54, 1.807) is 11.8 Å². The van der Waals surface area contributed by atoms with Crippen molar-refractivity contribution in [2.45, 2.75) is 23.3 Å². The summed E-state index contributed by atoms with van der Waals surface area (Å²) in [4.78, 5) is 1.29. The first kappa shape index (κ1) is 9.64. The average molecular weight is 204 g/mol. The van der Waals surface area contributed by atoms with Crippen LogP contribution in [0.25, 0.3) is 0 Å². The first-order valence-corrected chi connectivity index (χ1v) is 5.64. The fourth-order valence-corrected chi connectivity index (χ4v) is 3.09. The monoisotopic (exact) mass is 204 g/mol. The zero-order chi connectivity index (χ0) is 9.97. The molecule has 0 radical (unpaired) electrons. The van der Waals surface area contributed by atoms with Gasteiger partial charge in [0.15, 0.2) is 0 Å². The number of aliphatic hydroxyl groups is 1. The minimum absolute atomic E-state index is 0.215. The summed E-state index contributed by atoms with van der Waals surface area (Å²) in [5.74, 6) is 3.68. The lowest BCUT2D eigenvalue weighted by Crippen LogP contribution is -2.17. The summed E-state index contributed by atoms with van der Waals surface area (Å²) >= 11 is 1.80. The van der Waals surface area contributed by atoms with Gasteiger partial charge in [-0.2, -0.15) is 0 Å². The zero-order valence-corrected chi connectivity index (χ0v) is 8.63. The maximum atomic E-state index is 9.84. The van der Waals surface area contributed by atoms with Gasteiger partial charge in [0.1, 0.15) is 0 Å². The van der Waals surface area contributed by atoms with Gasteiger partial charge in [-0.05, 0) is 11.6 Å². The molecule has 1 aliphatic heterocycles. The average Bonchev–Trinajstić information content (AvgIpc) is 2.61. The molecule has 72 valence electrons. The molecule has 0 aliphatic carbocycles. The summed E-state index contributed by atoms with van der Waals surface area (Å²) in [6.45, 7) is 0. The molecular weight excluding hydrogens is 192 g/mol. The Bertz CT molecular complexity index is 367. The summed E-state index contributed by atoms with van der Waals surface area (Å²) in [5, 5.41) is 9.84. The van der Waals surface area contributed by atoms with E-state index in [1.807, 2.05) is 12.1 Å². The van der Waals surface area contributed by atoms with Crippen molar-refractivity contribution in [1.29, 1.82) is 0 Å². The third-order valence-electron chi connectivity index (χ3n) is 2.53. The lowest BCUT2D eigenvalue weighted by molar-refractivity contribution is 0.157. The van der Waals surface area contributed by atoms with E-state index < -0.39 is 6.10 Å². The van der Waals surface area contributed by atoms with E-state index in [9.17, 15) is 5.11 Å². The number of thioether (sulfide) groups is 1. The second kappa shape index (κ2) is 4.08. The van der Waals surface area contributed by atoms with E-state index in [2.05, 4.69) is 18.1 Å². The summed E-state index contributed by atoms with van der Waals surface area (Å²) < 4.78 is 0. The highest BCUT2D eigenvalue weighted by atomic mass is 32.2. The fourth-order valence-electron chi connectivity index (χ4n) is 1.77. The number of terminal acetylenes is 1. The molecular formula is C12H12OS. The molecule has 1 N–H and O–H groups in total. The molecule has 1 nitrogen and oxygen atoms in total. The van der Waals surface area contributed by atoms with Crippen LogP contribution in [0.5, 0.6) is 0 Å². The van der Waals surface area contributed by atoms with Crippen molar-refractivity contribution in [1.82, 2.24) is 0 Å². The molecule has 1 aromatic rings. The molecule has 2 atom stereocenters. The largest absolute Gasteiger partial charge is 0.391 e. The number of fused-ring (bicyclic) bond motifs is 1. The SMILES string of the molecule is C#CCC(O)C1CSc2ccccc21. The topological polar surface area (TPSA) is 20.2 Å². The molecule has 0 amide bonds. The van der Waals surface area contributed by atoms with Gasteiger partial charge in [0, 0.05) is 23.0 Å². The van der Waals surface area contributed by atoms with Crippen molar-refractivity contribution in [3.63, 3.8) is 0 Å². The first-order valence-electron chi connectivity index (χ1n) is 4.66. The molecule has 2 rings (SSSR count). The molecule has 2 unspecified atom stereocenters. The Balaban J connectivity index is 2.22. The number of hydrogen-bond donors (Lipinski definition) is 1. The minimum Gasteiger partial charge on any atom is -0.391 e. The number of benzene rings is 1. The summed E-state index contributed by atoms with van der Waals surface area (Å²) in [6.07, 6.45) is 5.25. The summed E-state index contributed by atoms with van der Waals surface area (Å²) in [7, 11) is 0. The van der Waals surface area contributed by atoms with E-state index in [1.165, 1.54) is 10.5 Å². The minimum atomic E-state index is -0.392. The van der Waals surface area contributed by atoms with E-state index in [0.29, 0.717) is 6.42 Å². The molecule has 1 aromatic carbocycles. The smallest absolute Gasteiger partial charge is 0.0726 e. The Morgan fingerprint density at radius 3 is 3.14 bits per heavy atom. The standard InChI is InChI=1S/C12H12OS/c1-2-5-11(13)10-8-14-12-7-4-3-6-9(10)12/h1,3-4,6-7,10-11,13H,5,8H2. The van der Waals surface area contributed by atoms with E-state index in [0.717, 1.165) is 5.75 Å². The molecule has 0 saturated heterocycles. The van der Waals surface area contributed by atoms with Crippen LogP contribution in [0.3, 0.4) is 0 Å². The Morgan fingerprint density at radius 2 is 2.36 bits per heavy atom. The van der Waals surface area contributed by atoms with Gasteiger partial charge in [-0.3, -0.25) is 0 Å². The van der Waals surface area contributed by atoms with Crippen LogP contribution in [0.2, 0.25) is 0 Å². The normalized spacial score (nSPS) is 21.3. The Kier molecular flexibility index (Phi) is 2.81. The van der Waals surface area contributed by atoms with Crippen LogP contribution in [0.15, 0.2) is 29.2 Å². The van der Waals surface area contributed by atoms with Gasteiger partial charge in [-0.25, -0.2) is 0 Å². The Morgan fingerprint density at radius 1 is 1.57 bits per heavy atom. The molecule has 0 aromatic heterocycles. The third-order valence-corrected chi connectivity index (χ3v) is 3.74. The second-order valence-corrected chi connectivity index (χ2v) is 4.49. The lowest BCUT2D eigenvalue weighted by Gasteiger charge is -2.15. The highest BCUT2D eigenvalue weighted by molar-refractivity contribution is 7.99. The van der Waals surface area contributed by atoms with Crippen LogP contribution >= 0.6 is 11.8 Å². The molecule has 0 bridgehead atoms. The van der Waals surface area contributed by atoms with Gasteiger partial charge in [0.05, 0.1) is 6.10 Å². The highest BCUT2D eigenvalue weighted by Crippen LogP contribution is 2.41. The predicted molar refractivity (Wildman–Crippen MR) is 59.4 cm³/mol. The van der Waals surface area contributed by atoms with Crippen molar-refractivity contribution in [2.24, 2.45) is 0 Å². The maximum absolute atomic E-state index is 9.84. The van der Waals surface area contributed by atoms with Crippen LogP contribution in [0, 0.1) is 12.3 Å². The summed E-state index contributed by atoms with van der Waals surface area (Å²) in [6, 6.07) is 8.23. The van der Waals surface area contributed by atoms with Crippen molar-refractivity contribution in [2.75, 3.05) is 5.75 Å². The number of rotatable bonds is 2. The molecule has 0 spiro atoms. The van der Waals surface area contributed by atoms with Gasteiger partial charge in [0.2, 0.25) is 0 Å². The van der Waals surface area contributed by atoms with Crippen LogP contribution in [-0.4, -0.2) is 17.0 Å². The van der Waals surface area contributed by atoms with Gasteiger partial charge in [-0.15, -0.1) is 24.1 Å². The summed E-state index contributed by atoms with van der Waals surface area (Å²) in [5.41, 5.74) is 1.25. The van der Waals surface area contributed by atoms with E-state index >= 15 is 0 Å². The van der Waals surface area contributed by atoms with Crippen molar-refractivity contribution in [3.8, 4) is 12.3 Å². The van der Waals surface area contributed by atoms with Crippen molar-refractivity contribution in [3.05, 3.63) is 29.8 Å². The predicted octanol–water partition coefficient (Wildman–Crippen LogP) is 2.26. The molecule has 14 heavy (non-hydrogen) atoms. The highest BCUT2D eigenvalue weighted by Gasteiger charge is 2.28. The van der Waals surface area contributed by atoms with Crippen molar-refractivity contribution >= 4 is 11.8 Å². The molecule has 2 heteroatoms. The second-order valence-electron chi connectivity index (χ2n) is 3.43. The van der Waals surface area contributed by atoms with E-state index in [4.69, 9.17) is 6.42 Å². The van der Waals surface area contributed by atoms with Crippen LogP contribution < -0.4 is 0 Å².